The highest BCUT2D eigenvalue weighted by molar-refractivity contribution is 6.34. The molecule has 27 heavy (non-hydrogen) atoms. The number of nitro groups is 1. The first kappa shape index (κ1) is 18.7. The maximum Gasteiger partial charge on any atom is 0.270 e. The van der Waals surface area contributed by atoms with Crippen molar-refractivity contribution >= 4 is 40.5 Å². The van der Waals surface area contributed by atoms with E-state index in [1.165, 1.54) is 18.2 Å². The quantitative estimate of drug-likeness (QED) is 0.602. The first-order valence-corrected chi connectivity index (χ1v) is 8.68. The lowest BCUT2D eigenvalue weighted by molar-refractivity contribution is -0.384. The summed E-state index contributed by atoms with van der Waals surface area (Å²) in [6, 6.07) is 8.51. The van der Waals surface area contributed by atoms with Gasteiger partial charge in [-0.1, -0.05) is 11.6 Å². The van der Waals surface area contributed by atoms with E-state index in [9.17, 15) is 19.7 Å². The van der Waals surface area contributed by atoms with Gasteiger partial charge in [-0.05, 0) is 37.1 Å². The van der Waals surface area contributed by atoms with E-state index in [0.717, 1.165) is 37.7 Å². The fourth-order valence-corrected chi connectivity index (χ4v) is 3.28. The number of non-ortho nitro benzene ring substituents is 1. The molecule has 2 aromatic rings. The van der Waals surface area contributed by atoms with E-state index in [1.807, 2.05) is 0 Å². The molecule has 2 aromatic carbocycles. The zero-order valence-electron chi connectivity index (χ0n) is 14.3. The standard InChI is InChI=1S/C18H17ClN4O4/c19-14-10-12(23(26)27)4-5-13(14)18(25)21-15-9-11(17(20)24)3-6-16(15)22-7-1-2-8-22/h3-6,9-10H,1-2,7-8H2,(H2,20,24)(H,21,25). The normalized spacial score (nSPS) is 13.4. The average molecular weight is 389 g/mol. The van der Waals surface area contributed by atoms with E-state index in [0.29, 0.717) is 5.69 Å². The lowest BCUT2D eigenvalue weighted by Gasteiger charge is -2.22. The Hall–Kier alpha value is -3.13. The van der Waals surface area contributed by atoms with Crippen LogP contribution in [0.2, 0.25) is 5.02 Å². The van der Waals surface area contributed by atoms with E-state index in [-0.39, 0.29) is 21.8 Å². The zero-order valence-corrected chi connectivity index (χ0v) is 15.0. The maximum absolute atomic E-state index is 12.7. The number of anilines is 2. The molecule has 1 heterocycles. The predicted octanol–water partition coefficient (Wildman–Crippen LogP) is 3.20. The van der Waals surface area contributed by atoms with Crippen molar-refractivity contribution in [3.8, 4) is 0 Å². The molecule has 0 unspecified atom stereocenters. The summed E-state index contributed by atoms with van der Waals surface area (Å²) in [5, 5.41) is 13.5. The molecule has 1 aliphatic heterocycles. The van der Waals surface area contributed by atoms with Crippen LogP contribution in [0.25, 0.3) is 0 Å². The van der Waals surface area contributed by atoms with E-state index in [4.69, 9.17) is 17.3 Å². The summed E-state index contributed by atoms with van der Waals surface area (Å²) in [6.45, 7) is 1.69. The molecule has 140 valence electrons. The number of carbonyl (C=O) groups is 2. The van der Waals surface area contributed by atoms with Gasteiger partial charge < -0.3 is 16.0 Å². The van der Waals surface area contributed by atoms with Crippen molar-refractivity contribution in [1.82, 2.24) is 0 Å². The smallest absolute Gasteiger partial charge is 0.270 e. The van der Waals surface area contributed by atoms with Crippen LogP contribution in [0.1, 0.15) is 33.6 Å². The number of nitro benzene ring substituents is 1. The number of carbonyl (C=O) groups excluding carboxylic acids is 2. The number of nitrogens with one attached hydrogen (secondary N) is 1. The van der Waals surface area contributed by atoms with Crippen molar-refractivity contribution in [3.05, 3.63) is 62.7 Å². The summed E-state index contributed by atoms with van der Waals surface area (Å²) >= 11 is 6.03. The van der Waals surface area contributed by atoms with Gasteiger partial charge in [-0.15, -0.1) is 0 Å². The van der Waals surface area contributed by atoms with Crippen LogP contribution >= 0.6 is 11.6 Å². The molecule has 8 nitrogen and oxygen atoms in total. The minimum Gasteiger partial charge on any atom is -0.370 e. The molecule has 2 amide bonds. The summed E-state index contributed by atoms with van der Waals surface area (Å²) in [5.74, 6) is -1.14. The van der Waals surface area contributed by atoms with Crippen molar-refractivity contribution in [2.75, 3.05) is 23.3 Å². The molecule has 1 saturated heterocycles. The predicted molar refractivity (Wildman–Crippen MR) is 102 cm³/mol. The molecule has 0 atom stereocenters. The average Bonchev–Trinajstić information content (AvgIpc) is 3.15. The molecular weight excluding hydrogens is 372 g/mol. The number of amides is 2. The summed E-state index contributed by atoms with van der Waals surface area (Å²) in [5.41, 5.74) is 6.73. The van der Waals surface area contributed by atoms with Gasteiger partial charge in [0.1, 0.15) is 0 Å². The number of primary amides is 1. The van der Waals surface area contributed by atoms with Gasteiger partial charge in [0.05, 0.1) is 26.9 Å². The molecule has 1 aliphatic rings. The third-order valence-corrected chi connectivity index (χ3v) is 4.70. The Labute approximate surface area is 160 Å². The molecule has 0 radical (unpaired) electrons. The minimum atomic E-state index is -0.605. The van der Waals surface area contributed by atoms with Gasteiger partial charge in [0, 0.05) is 30.8 Å². The van der Waals surface area contributed by atoms with E-state index < -0.39 is 16.7 Å². The second-order valence-corrected chi connectivity index (χ2v) is 6.57. The van der Waals surface area contributed by atoms with E-state index >= 15 is 0 Å². The van der Waals surface area contributed by atoms with Crippen molar-refractivity contribution < 1.29 is 14.5 Å². The van der Waals surface area contributed by atoms with Gasteiger partial charge in [-0.3, -0.25) is 19.7 Å². The Bertz CT molecular complexity index is 926. The molecule has 0 bridgehead atoms. The highest BCUT2D eigenvalue weighted by atomic mass is 35.5. The number of nitrogens with two attached hydrogens (primary N) is 1. The van der Waals surface area contributed by atoms with E-state index in [1.54, 1.807) is 12.1 Å². The molecule has 0 aliphatic carbocycles. The van der Waals surface area contributed by atoms with Gasteiger partial charge in [0.15, 0.2) is 0 Å². The number of halogens is 1. The molecule has 3 N–H and O–H groups in total. The third-order valence-electron chi connectivity index (χ3n) is 4.38. The van der Waals surface area contributed by atoms with Crippen LogP contribution in [0.3, 0.4) is 0 Å². The molecule has 0 spiro atoms. The lowest BCUT2D eigenvalue weighted by Crippen LogP contribution is -2.22. The molecular formula is C18H17ClN4O4. The highest BCUT2D eigenvalue weighted by Gasteiger charge is 2.20. The Kier molecular flexibility index (Phi) is 5.27. The summed E-state index contributed by atoms with van der Waals surface area (Å²) < 4.78 is 0. The van der Waals surface area contributed by atoms with Gasteiger partial charge in [-0.2, -0.15) is 0 Å². The van der Waals surface area contributed by atoms with Gasteiger partial charge in [0.25, 0.3) is 11.6 Å². The Morgan fingerprint density at radius 3 is 2.44 bits per heavy atom. The van der Waals surface area contributed by atoms with E-state index in [2.05, 4.69) is 10.2 Å². The van der Waals surface area contributed by atoms with Crippen LogP contribution < -0.4 is 16.0 Å². The first-order chi connectivity index (χ1) is 12.9. The van der Waals surface area contributed by atoms with Crippen molar-refractivity contribution in [3.63, 3.8) is 0 Å². The molecule has 9 heteroatoms. The third kappa shape index (κ3) is 4.01. The Balaban J connectivity index is 1.93. The fourth-order valence-electron chi connectivity index (χ4n) is 3.01. The SMILES string of the molecule is NC(=O)c1ccc(N2CCCC2)c(NC(=O)c2ccc([N+](=O)[O-])cc2Cl)c1. The minimum absolute atomic E-state index is 0.0320. The highest BCUT2D eigenvalue weighted by Crippen LogP contribution is 2.31. The first-order valence-electron chi connectivity index (χ1n) is 8.31. The zero-order chi connectivity index (χ0) is 19.6. The number of hydrogen-bond donors (Lipinski definition) is 2. The van der Waals surface area contributed by atoms with Crippen LogP contribution in [-0.2, 0) is 0 Å². The topological polar surface area (TPSA) is 119 Å². The molecule has 1 fully saturated rings. The monoisotopic (exact) mass is 388 g/mol. The fraction of sp³-hybridized carbons (Fsp3) is 0.222. The largest absolute Gasteiger partial charge is 0.370 e. The number of rotatable bonds is 5. The maximum atomic E-state index is 12.7. The second-order valence-electron chi connectivity index (χ2n) is 6.17. The Morgan fingerprint density at radius 1 is 1.15 bits per heavy atom. The van der Waals surface area contributed by atoms with Crippen LogP contribution in [0.15, 0.2) is 36.4 Å². The second kappa shape index (κ2) is 7.63. The van der Waals surface area contributed by atoms with Crippen molar-refractivity contribution in [2.45, 2.75) is 12.8 Å². The number of hydrogen-bond acceptors (Lipinski definition) is 5. The molecule has 0 saturated carbocycles. The van der Waals surface area contributed by atoms with Crippen LogP contribution in [0.4, 0.5) is 17.1 Å². The van der Waals surface area contributed by atoms with Gasteiger partial charge >= 0.3 is 0 Å². The van der Waals surface area contributed by atoms with Crippen LogP contribution in [-0.4, -0.2) is 29.8 Å². The van der Waals surface area contributed by atoms with Gasteiger partial charge in [-0.25, -0.2) is 0 Å². The summed E-state index contributed by atoms with van der Waals surface area (Å²) in [6.07, 6.45) is 2.08. The van der Waals surface area contributed by atoms with Crippen molar-refractivity contribution in [1.29, 1.82) is 0 Å². The summed E-state index contributed by atoms with van der Waals surface area (Å²) in [4.78, 5) is 36.5. The Morgan fingerprint density at radius 2 is 1.85 bits per heavy atom. The lowest BCUT2D eigenvalue weighted by atomic mass is 10.1. The molecule has 0 aromatic heterocycles. The summed E-state index contributed by atoms with van der Waals surface area (Å²) in [7, 11) is 0. The van der Waals surface area contributed by atoms with Gasteiger partial charge in [0.2, 0.25) is 5.91 Å². The molecule has 3 rings (SSSR count). The van der Waals surface area contributed by atoms with Crippen molar-refractivity contribution in [2.24, 2.45) is 5.73 Å². The number of nitrogens with zero attached hydrogens (tertiary/aromatic N) is 2. The number of benzene rings is 2. The van der Waals surface area contributed by atoms with Crippen LogP contribution in [0, 0.1) is 10.1 Å². The van der Waals surface area contributed by atoms with Crippen LogP contribution in [0.5, 0.6) is 0 Å².